The van der Waals surface area contributed by atoms with Crippen LogP contribution in [-0.4, -0.2) is 4.57 Å². The van der Waals surface area contributed by atoms with E-state index in [2.05, 4.69) is 0 Å². The second-order valence-corrected chi connectivity index (χ2v) is 4.41. The van der Waals surface area contributed by atoms with Gasteiger partial charge in [-0.3, -0.25) is 4.79 Å². The number of hydrogen-bond acceptors (Lipinski definition) is 2. The van der Waals surface area contributed by atoms with Gasteiger partial charge in [-0.1, -0.05) is 6.92 Å². The Labute approximate surface area is 112 Å². The molecule has 1 aromatic carbocycles. The Morgan fingerprint density at radius 1 is 1.35 bits per heavy atom. The molecule has 0 saturated carbocycles. The fourth-order valence-electron chi connectivity index (χ4n) is 2.08. The van der Waals surface area contributed by atoms with Crippen LogP contribution >= 0.6 is 0 Å². The zero-order valence-corrected chi connectivity index (χ0v) is 10.7. The highest BCUT2D eigenvalue weighted by Gasteiger charge is 2.31. The molecule has 1 aromatic heterocycles. The lowest BCUT2D eigenvalue weighted by atomic mass is 10.1. The van der Waals surface area contributed by atoms with Gasteiger partial charge in [-0.05, 0) is 24.6 Å². The van der Waals surface area contributed by atoms with Crippen molar-refractivity contribution in [2.24, 2.45) is 0 Å². The van der Waals surface area contributed by atoms with Gasteiger partial charge in [0.15, 0.2) is 0 Å². The molecule has 2 aromatic rings. The van der Waals surface area contributed by atoms with Gasteiger partial charge in [0.05, 0.1) is 11.1 Å². The smallest absolute Gasteiger partial charge is 0.346 e. The van der Waals surface area contributed by atoms with Gasteiger partial charge in [0, 0.05) is 18.1 Å². The molecule has 0 saturated heterocycles. The summed E-state index contributed by atoms with van der Waals surface area (Å²) >= 11 is 0. The number of aromatic nitrogens is 1. The molecule has 6 heteroatoms. The lowest BCUT2D eigenvalue weighted by Crippen LogP contribution is -2.14. The van der Waals surface area contributed by atoms with E-state index in [1.165, 1.54) is 12.3 Å². The highest BCUT2D eigenvalue weighted by molar-refractivity contribution is 5.81. The number of nitriles is 1. The van der Waals surface area contributed by atoms with Crippen LogP contribution in [0.1, 0.15) is 24.5 Å². The molecule has 0 atom stereocenters. The molecule has 104 valence electrons. The molecular weight excluding hydrogens is 269 g/mol. The number of pyridine rings is 1. The van der Waals surface area contributed by atoms with Gasteiger partial charge in [0.1, 0.15) is 11.6 Å². The molecule has 0 unspecified atom stereocenters. The van der Waals surface area contributed by atoms with Gasteiger partial charge in [0.25, 0.3) is 0 Å². The average molecular weight is 280 g/mol. The van der Waals surface area contributed by atoms with Gasteiger partial charge < -0.3 is 4.57 Å². The molecule has 2 rings (SSSR count). The molecule has 1 heterocycles. The summed E-state index contributed by atoms with van der Waals surface area (Å²) in [6.07, 6.45) is -2.38. The fourth-order valence-corrected chi connectivity index (χ4v) is 2.08. The highest BCUT2D eigenvalue weighted by Crippen LogP contribution is 2.30. The van der Waals surface area contributed by atoms with Crippen LogP contribution in [0.15, 0.2) is 29.2 Å². The molecule has 0 aliphatic heterocycles. The summed E-state index contributed by atoms with van der Waals surface area (Å²) in [5.74, 6) is 0. The second-order valence-electron chi connectivity index (χ2n) is 4.41. The minimum atomic E-state index is -4.52. The summed E-state index contributed by atoms with van der Waals surface area (Å²) in [7, 11) is 0. The summed E-state index contributed by atoms with van der Waals surface area (Å²) in [5, 5.41) is 8.84. The molecule has 0 bridgehead atoms. The van der Waals surface area contributed by atoms with E-state index in [1.54, 1.807) is 10.6 Å². The number of benzene rings is 1. The number of halogens is 3. The second kappa shape index (κ2) is 5.00. The number of rotatable bonds is 2. The van der Waals surface area contributed by atoms with Crippen LogP contribution in [0.5, 0.6) is 0 Å². The van der Waals surface area contributed by atoms with E-state index in [0.29, 0.717) is 12.1 Å². The highest BCUT2D eigenvalue weighted by atomic mass is 19.4. The number of fused-ring (bicyclic) bond motifs is 1. The molecule has 0 N–H and O–H groups in total. The first-order chi connectivity index (χ1) is 9.38. The van der Waals surface area contributed by atoms with E-state index in [1.807, 2.05) is 6.92 Å². The predicted molar refractivity (Wildman–Crippen MR) is 68.2 cm³/mol. The van der Waals surface area contributed by atoms with E-state index in [0.717, 1.165) is 18.6 Å². The summed E-state index contributed by atoms with van der Waals surface area (Å²) in [6.45, 7) is 2.43. The van der Waals surface area contributed by atoms with Gasteiger partial charge >= 0.3 is 6.18 Å². The van der Waals surface area contributed by atoms with Crippen molar-refractivity contribution in [3.63, 3.8) is 0 Å². The third kappa shape index (κ3) is 2.39. The maximum absolute atomic E-state index is 12.7. The van der Waals surface area contributed by atoms with Crippen LogP contribution in [0.3, 0.4) is 0 Å². The molecule has 0 spiro atoms. The first kappa shape index (κ1) is 14.1. The van der Waals surface area contributed by atoms with E-state index in [4.69, 9.17) is 5.26 Å². The number of alkyl halides is 3. The van der Waals surface area contributed by atoms with Crippen molar-refractivity contribution in [2.75, 3.05) is 0 Å². The SMILES string of the molecule is CCCn1cc(C#N)c(=O)c2cc(C(F)(F)F)ccc21. The zero-order chi connectivity index (χ0) is 14.9. The normalized spacial score (nSPS) is 11.6. The van der Waals surface area contributed by atoms with Crippen LogP contribution in [0.4, 0.5) is 13.2 Å². The van der Waals surface area contributed by atoms with Crippen molar-refractivity contribution in [3.8, 4) is 6.07 Å². The van der Waals surface area contributed by atoms with Gasteiger partial charge in [0.2, 0.25) is 5.43 Å². The van der Waals surface area contributed by atoms with Crippen molar-refractivity contribution in [1.82, 2.24) is 4.57 Å². The van der Waals surface area contributed by atoms with E-state index < -0.39 is 17.2 Å². The minimum Gasteiger partial charge on any atom is -0.346 e. The number of aryl methyl sites for hydroxylation is 1. The molecule has 0 radical (unpaired) electrons. The molecule has 20 heavy (non-hydrogen) atoms. The monoisotopic (exact) mass is 280 g/mol. The molecule has 3 nitrogen and oxygen atoms in total. The third-order valence-corrected chi connectivity index (χ3v) is 2.99. The topological polar surface area (TPSA) is 45.8 Å². The molecule has 0 aliphatic rings. The first-order valence-corrected chi connectivity index (χ1v) is 6.03. The Morgan fingerprint density at radius 2 is 2.05 bits per heavy atom. The van der Waals surface area contributed by atoms with Crippen molar-refractivity contribution in [2.45, 2.75) is 26.1 Å². The first-order valence-electron chi connectivity index (χ1n) is 6.03. The third-order valence-electron chi connectivity index (χ3n) is 2.99. The molecule has 0 amide bonds. The average Bonchev–Trinajstić information content (AvgIpc) is 2.40. The van der Waals surface area contributed by atoms with E-state index in [-0.39, 0.29) is 10.9 Å². The zero-order valence-electron chi connectivity index (χ0n) is 10.7. The summed E-state index contributed by atoms with van der Waals surface area (Å²) in [4.78, 5) is 12.0. The minimum absolute atomic E-state index is 0.0766. The Morgan fingerprint density at radius 3 is 2.60 bits per heavy atom. The fraction of sp³-hybridized carbons (Fsp3) is 0.286. The lowest BCUT2D eigenvalue weighted by molar-refractivity contribution is -0.137. The lowest BCUT2D eigenvalue weighted by Gasteiger charge is -2.12. The van der Waals surface area contributed by atoms with Gasteiger partial charge in [-0.2, -0.15) is 18.4 Å². The predicted octanol–water partition coefficient (Wildman–Crippen LogP) is 3.30. The quantitative estimate of drug-likeness (QED) is 0.847. The largest absolute Gasteiger partial charge is 0.416 e. The molecular formula is C14H11F3N2O. The van der Waals surface area contributed by atoms with Gasteiger partial charge in [-0.15, -0.1) is 0 Å². The Hall–Kier alpha value is -2.29. The van der Waals surface area contributed by atoms with Gasteiger partial charge in [-0.25, -0.2) is 0 Å². The Kier molecular flexibility index (Phi) is 3.53. The number of nitrogens with zero attached hydrogens (tertiary/aromatic N) is 2. The van der Waals surface area contributed by atoms with Crippen molar-refractivity contribution in [1.29, 1.82) is 5.26 Å². The van der Waals surface area contributed by atoms with Crippen LogP contribution in [-0.2, 0) is 12.7 Å². The van der Waals surface area contributed by atoms with Crippen LogP contribution in [0, 0.1) is 11.3 Å². The maximum atomic E-state index is 12.7. The van der Waals surface area contributed by atoms with E-state index >= 15 is 0 Å². The summed E-state index contributed by atoms with van der Waals surface area (Å²) < 4.78 is 39.7. The number of hydrogen-bond donors (Lipinski definition) is 0. The van der Waals surface area contributed by atoms with Crippen molar-refractivity contribution < 1.29 is 13.2 Å². The van der Waals surface area contributed by atoms with Crippen molar-refractivity contribution in [3.05, 3.63) is 45.7 Å². The molecule has 0 aliphatic carbocycles. The van der Waals surface area contributed by atoms with Crippen molar-refractivity contribution >= 4 is 10.9 Å². The van der Waals surface area contributed by atoms with E-state index in [9.17, 15) is 18.0 Å². The van der Waals surface area contributed by atoms with Crippen LogP contribution in [0.2, 0.25) is 0 Å². The summed E-state index contributed by atoms with van der Waals surface area (Å²) in [5.41, 5.74) is -1.30. The standard InChI is InChI=1S/C14H11F3N2O/c1-2-5-19-8-9(7-18)13(20)11-6-10(14(15,16)17)3-4-12(11)19/h3-4,6,8H,2,5H2,1H3. The molecule has 0 fully saturated rings. The Balaban J connectivity index is 2.83. The Bertz CT molecular complexity index is 754. The maximum Gasteiger partial charge on any atom is 0.416 e. The summed E-state index contributed by atoms with van der Waals surface area (Å²) in [6, 6.07) is 4.76. The van der Waals surface area contributed by atoms with Crippen LogP contribution < -0.4 is 5.43 Å². The van der Waals surface area contributed by atoms with Crippen LogP contribution in [0.25, 0.3) is 10.9 Å².